The van der Waals surface area contributed by atoms with Gasteiger partial charge in [0.2, 0.25) is 0 Å². The number of benzene rings is 3. The Kier molecular flexibility index (Phi) is 5.07. The molecular formula is C22H14Cl2FNO2. The summed E-state index contributed by atoms with van der Waals surface area (Å²) in [6.45, 7) is 0.00231. The second-order valence-corrected chi connectivity index (χ2v) is 7.07. The molecule has 1 amide bonds. The van der Waals surface area contributed by atoms with Gasteiger partial charge >= 0.3 is 0 Å². The summed E-state index contributed by atoms with van der Waals surface area (Å²) in [5, 5.41) is 3.38. The fourth-order valence-electron chi connectivity index (χ4n) is 3.01. The van der Waals surface area contributed by atoms with E-state index in [4.69, 9.17) is 27.9 Å². The van der Waals surface area contributed by atoms with Crippen LogP contribution in [0, 0.1) is 5.82 Å². The number of halogens is 3. The minimum Gasteiger partial charge on any atom is -0.486 e. The van der Waals surface area contributed by atoms with E-state index in [9.17, 15) is 9.18 Å². The van der Waals surface area contributed by atoms with Crippen molar-refractivity contribution in [2.75, 3.05) is 5.32 Å². The van der Waals surface area contributed by atoms with Gasteiger partial charge in [-0.05, 0) is 35.9 Å². The molecule has 1 aliphatic rings. The summed E-state index contributed by atoms with van der Waals surface area (Å²) in [6.07, 6.45) is 1.72. The molecule has 3 aromatic rings. The molecule has 0 saturated carbocycles. The summed E-state index contributed by atoms with van der Waals surface area (Å²) in [4.78, 5) is 12.3. The summed E-state index contributed by atoms with van der Waals surface area (Å²) in [6, 6.07) is 17.1. The first-order chi connectivity index (χ1) is 13.5. The molecule has 1 heterocycles. The van der Waals surface area contributed by atoms with Crippen molar-refractivity contribution in [3.05, 3.63) is 93.2 Å². The number of fused-ring (bicyclic) bond motifs is 1. The Balaban J connectivity index is 1.61. The number of carbonyl (C=O) groups excluding carboxylic acids is 1. The van der Waals surface area contributed by atoms with Crippen LogP contribution in [0.5, 0.6) is 5.75 Å². The summed E-state index contributed by atoms with van der Waals surface area (Å²) < 4.78 is 19.4. The molecule has 0 bridgehead atoms. The number of hydrogen-bond donors (Lipinski definition) is 1. The molecule has 0 aliphatic carbocycles. The fraction of sp³-hybridized carbons (Fsp3) is 0.0455. The molecule has 0 fully saturated rings. The van der Waals surface area contributed by atoms with Crippen LogP contribution in [0.4, 0.5) is 10.1 Å². The Hall–Kier alpha value is -2.82. The zero-order chi connectivity index (χ0) is 19.7. The van der Waals surface area contributed by atoms with Crippen LogP contribution in [0.25, 0.3) is 11.6 Å². The van der Waals surface area contributed by atoms with Gasteiger partial charge in [-0.25, -0.2) is 4.39 Å². The highest BCUT2D eigenvalue weighted by atomic mass is 35.5. The number of ether oxygens (including phenoxy) is 1. The first-order valence-electron chi connectivity index (χ1n) is 8.50. The van der Waals surface area contributed by atoms with Crippen LogP contribution in [0.2, 0.25) is 10.0 Å². The van der Waals surface area contributed by atoms with Crippen molar-refractivity contribution in [3.63, 3.8) is 0 Å². The average Bonchev–Trinajstić information content (AvgIpc) is 2.98. The quantitative estimate of drug-likeness (QED) is 0.516. The maximum Gasteiger partial charge on any atom is 0.256 e. The van der Waals surface area contributed by atoms with Gasteiger partial charge in [0.1, 0.15) is 12.4 Å². The largest absolute Gasteiger partial charge is 0.486 e. The van der Waals surface area contributed by atoms with Crippen molar-refractivity contribution < 1.29 is 13.9 Å². The van der Waals surface area contributed by atoms with Crippen LogP contribution in [0.15, 0.2) is 60.7 Å². The molecule has 28 heavy (non-hydrogen) atoms. The van der Waals surface area contributed by atoms with E-state index in [0.29, 0.717) is 16.7 Å². The first kappa shape index (κ1) is 18.5. The number of carbonyl (C=O) groups is 1. The van der Waals surface area contributed by atoms with E-state index in [1.54, 1.807) is 36.4 Å². The van der Waals surface area contributed by atoms with E-state index < -0.39 is 0 Å². The van der Waals surface area contributed by atoms with Crippen LogP contribution in [-0.2, 0) is 11.4 Å². The Morgan fingerprint density at radius 2 is 1.68 bits per heavy atom. The van der Waals surface area contributed by atoms with Gasteiger partial charge in [0, 0.05) is 22.4 Å². The average molecular weight is 414 g/mol. The molecule has 0 unspecified atom stereocenters. The van der Waals surface area contributed by atoms with Crippen molar-refractivity contribution in [2.24, 2.45) is 0 Å². The Morgan fingerprint density at radius 1 is 1.00 bits per heavy atom. The van der Waals surface area contributed by atoms with E-state index in [0.717, 1.165) is 11.3 Å². The van der Waals surface area contributed by atoms with E-state index in [2.05, 4.69) is 5.32 Å². The minimum absolute atomic E-state index is 0.00231. The van der Waals surface area contributed by atoms with E-state index in [-0.39, 0.29) is 34.1 Å². The first-order valence-corrected chi connectivity index (χ1v) is 9.26. The van der Waals surface area contributed by atoms with Gasteiger partial charge in [0.05, 0.1) is 10.0 Å². The third-order valence-electron chi connectivity index (χ3n) is 4.37. The minimum atomic E-state index is -0.359. The van der Waals surface area contributed by atoms with Gasteiger partial charge in [-0.3, -0.25) is 4.79 Å². The molecule has 0 aromatic heterocycles. The number of anilines is 1. The van der Waals surface area contributed by atoms with Crippen molar-refractivity contribution >= 4 is 46.4 Å². The highest BCUT2D eigenvalue weighted by Crippen LogP contribution is 2.38. The lowest BCUT2D eigenvalue weighted by Crippen LogP contribution is -2.03. The third kappa shape index (κ3) is 3.61. The molecule has 0 saturated heterocycles. The van der Waals surface area contributed by atoms with Crippen LogP contribution >= 0.6 is 23.2 Å². The van der Waals surface area contributed by atoms with E-state index in [1.807, 2.05) is 24.3 Å². The second kappa shape index (κ2) is 7.66. The number of nitrogens with one attached hydrogen (secondary N) is 1. The Labute approximate surface area is 171 Å². The Morgan fingerprint density at radius 3 is 2.43 bits per heavy atom. The molecular weight excluding hydrogens is 400 g/mol. The number of amides is 1. The SMILES string of the molecule is O=C1Nc2ccccc2C1=Cc1cc(Cl)c(OCc2ccccc2F)c(Cl)c1. The predicted molar refractivity (Wildman–Crippen MR) is 110 cm³/mol. The van der Waals surface area contributed by atoms with Crippen LogP contribution in [-0.4, -0.2) is 5.91 Å². The Bertz CT molecular complexity index is 1090. The van der Waals surface area contributed by atoms with Gasteiger partial charge in [0.25, 0.3) is 5.91 Å². The topological polar surface area (TPSA) is 38.3 Å². The second-order valence-electron chi connectivity index (χ2n) is 6.25. The lowest BCUT2D eigenvalue weighted by atomic mass is 10.0. The van der Waals surface area contributed by atoms with Crippen molar-refractivity contribution in [2.45, 2.75) is 6.61 Å². The summed E-state index contributed by atoms with van der Waals surface area (Å²) in [5.41, 5.74) is 3.18. The van der Waals surface area contributed by atoms with Crippen LogP contribution in [0.3, 0.4) is 0 Å². The summed E-state index contributed by atoms with van der Waals surface area (Å²) in [5.74, 6) is -0.277. The molecule has 1 N–H and O–H groups in total. The van der Waals surface area contributed by atoms with E-state index in [1.165, 1.54) is 6.07 Å². The van der Waals surface area contributed by atoms with Crippen molar-refractivity contribution in [3.8, 4) is 5.75 Å². The molecule has 140 valence electrons. The zero-order valence-electron chi connectivity index (χ0n) is 14.5. The predicted octanol–water partition coefficient (Wildman–Crippen LogP) is 6.20. The molecule has 6 heteroatoms. The van der Waals surface area contributed by atoms with E-state index >= 15 is 0 Å². The molecule has 3 nitrogen and oxygen atoms in total. The van der Waals surface area contributed by atoms with Gasteiger partial charge in [-0.15, -0.1) is 0 Å². The third-order valence-corrected chi connectivity index (χ3v) is 4.93. The molecule has 0 radical (unpaired) electrons. The zero-order valence-corrected chi connectivity index (χ0v) is 16.0. The maximum atomic E-state index is 13.8. The molecule has 0 spiro atoms. The lowest BCUT2D eigenvalue weighted by Gasteiger charge is -2.11. The molecule has 1 aliphatic heterocycles. The maximum absolute atomic E-state index is 13.8. The van der Waals surface area contributed by atoms with Gasteiger partial charge in [0.15, 0.2) is 5.75 Å². The fourth-order valence-corrected chi connectivity index (χ4v) is 3.63. The van der Waals surface area contributed by atoms with Gasteiger partial charge in [-0.1, -0.05) is 59.6 Å². The van der Waals surface area contributed by atoms with Crippen LogP contribution in [0.1, 0.15) is 16.7 Å². The number of para-hydroxylation sites is 1. The standard InChI is InChI=1S/C22H14Cl2FNO2/c23-17-10-13(9-16-15-6-2-4-8-20(15)26-22(16)27)11-18(24)21(17)28-12-14-5-1-3-7-19(14)25/h1-11H,12H2,(H,26,27). The molecule has 3 aromatic carbocycles. The smallest absolute Gasteiger partial charge is 0.256 e. The number of hydrogen-bond acceptors (Lipinski definition) is 2. The van der Waals surface area contributed by atoms with Crippen molar-refractivity contribution in [1.29, 1.82) is 0 Å². The van der Waals surface area contributed by atoms with Gasteiger partial charge in [-0.2, -0.15) is 0 Å². The highest BCUT2D eigenvalue weighted by molar-refractivity contribution is 6.38. The highest BCUT2D eigenvalue weighted by Gasteiger charge is 2.23. The van der Waals surface area contributed by atoms with Gasteiger partial charge < -0.3 is 10.1 Å². The monoisotopic (exact) mass is 413 g/mol. The number of rotatable bonds is 4. The van der Waals surface area contributed by atoms with Crippen LogP contribution < -0.4 is 10.1 Å². The summed E-state index contributed by atoms with van der Waals surface area (Å²) >= 11 is 12.7. The normalized spacial score (nSPS) is 14.1. The molecule has 4 rings (SSSR count). The van der Waals surface area contributed by atoms with Crippen molar-refractivity contribution in [1.82, 2.24) is 0 Å². The summed E-state index contributed by atoms with van der Waals surface area (Å²) in [7, 11) is 0. The lowest BCUT2D eigenvalue weighted by molar-refractivity contribution is -0.110. The molecule has 0 atom stereocenters.